The van der Waals surface area contributed by atoms with Crippen LogP contribution in [0.4, 0.5) is 18.9 Å². The van der Waals surface area contributed by atoms with Gasteiger partial charge in [-0.2, -0.15) is 0 Å². The summed E-state index contributed by atoms with van der Waals surface area (Å²) in [5.41, 5.74) is -1.32. The van der Waals surface area contributed by atoms with Crippen LogP contribution in [-0.4, -0.2) is 30.3 Å². The number of hydrogen-bond donors (Lipinski definition) is 2. The number of rotatable bonds is 4. The number of benzene rings is 2. The van der Waals surface area contributed by atoms with Crippen molar-refractivity contribution in [2.45, 2.75) is 48.4 Å². The summed E-state index contributed by atoms with van der Waals surface area (Å²) in [5.74, 6) is -5.87. The first-order chi connectivity index (χ1) is 14.9. The highest BCUT2D eigenvalue weighted by Gasteiger charge is 2.52. The van der Waals surface area contributed by atoms with Gasteiger partial charge in [0.25, 0.3) is 5.91 Å². The van der Waals surface area contributed by atoms with E-state index in [9.17, 15) is 31.5 Å². The Morgan fingerprint density at radius 1 is 1.09 bits per heavy atom. The summed E-state index contributed by atoms with van der Waals surface area (Å²) in [7, 11) is -3.92. The fourth-order valence-corrected chi connectivity index (χ4v) is 7.98. The molecule has 0 aromatic heterocycles. The third-order valence-electron chi connectivity index (χ3n) is 6.34. The van der Waals surface area contributed by atoms with Gasteiger partial charge in [-0.1, -0.05) is 11.6 Å². The fraction of sp³-hybridized carbons (Fsp3) is 0.409. The van der Waals surface area contributed by atoms with Crippen molar-refractivity contribution in [1.82, 2.24) is 0 Å². The molecule has 2 aromatic rings. The molecule has 0 heterocycles. The first-order valence-corrected chi connectivity index (χ1v) is 12.0. The molecule has 0 spiro atoms. The maximum absolute atomic E-state index is 13.5. The van der Waals surface area contributed by atoms with Crippen LogP contribution in [0.3, 0.4) is 0 Å². The Kier molecular flexibility index (Phi) is 5.80. The molecule has 2 aliphatic rings. The summed E-state index contributed by atoms with van der Waals surface area (Å²) in [5, 5.41) is 11.9. The molecule has 2 unspecified atom stereocenters. The smallest absolute Gasteiger partial charge is 0.255 e. The fourth-order valence-electron chi connectivity index (χ4n) is 5.14. The van der Waals surface area contributed by atoms with Crippen LogP contribution in [0.15, 0.2) is 35.2 Å². The number of hydrogen-bond acceptors (Lipinski definition) is 4. The topological polar surface area (TPSA) is 83.5 Å². The van der Waals surface area contributed by atoms with E-state index in [1.165, 1.54) is 12.1 Å². The molecule has 5 nitrogen and oxygen atoms in total. The van der Waals surface area contributed by atoms with Crippen molar-refractivity contribution in [3.05, 3.63) is 58.4 Å². The zero-order chi connectivity index (χ0) is 23.4. The normalized spacial score (nSPS) is 27.4. The lowest BCUT2D eigenvalue weighted by atomic mass is 9.78. The highest BCUT2D eigenvalue weighted by atomic mass is 35.5. The predicted molar refractivity (Wildman–Crippen MR) is 113 cm³/mol. The second-order valence-corrected chi connectivity index (χ2v) is 11.3. The average molecular weight is 488 g/mol. The van der Waals surface area contributed by atoms with Crippen LogP contribution < -0.4 is 5.32 Å². The zero-order valence-corrected chi connectivity index (χ0v) is 18.6. The molecular formula is C22H21ClF3NO4S. The molecule has 2 fully saturated rings. The van der Waals surface area contributed by atoms with Crippen LogP contribution in [-0.2, 0) is 9.84 Å². The van der Waals surface area contributed by atoms with Gasteiger partial charge in [-0.3, -0.25) is 4.79 Å². The standard InChI is InChI=1S/C22H21ClF3NO4S/c1-22(29)9-12-2-3-13(10-22)20(12)32(30,31)18-6-11(4-5-15(18)23)21(28)27-14-7-16(24)19(26)17(25)8-14/h4-8,12-13,20,29H,2-3,9-10H2,1H3,(H,27,28). The van der Waals surface area contributed by atoms with Gasteiger partial charge >= 0.3 is 0 Å². The Bertz CT molecular complexity index is 1160. The summed E-state index contributed by atoms with van der Waals surface area (Å²) in [4.78, 5) is 12.4. The molecule has 2 saturated carbocycles. The molecule has 0 saturated heterocycles. The highest BCUT2D eigenvalue weighted by Crippen LogP contribution is 2.51. The molecular weight excluding hydrogens is 467 g/mol. The van der Waals surface area contributed by atoms with Crippen LogP contribution in [0.2, 0.25) is 5.02 Å². The van der Waals surface area contributed by atoms with Crippen molar-refractivity contribution in [1.29, 1.82) is 0 Å². The number of aliphatic hydroxyl groups is 1. The van der Waals surface area contributed by atoms with Crippen molar-refractivity contribution in [3.8, 4) is 0 Å². The summed E-state index contributed by atoms with van der Waals surface area (Å²) in [6.45, 7) is 1.71. The van der Waals surface area contributed by atoms with Gasteiger partial charge in [0.05, 0.1) is 20.8 Å². The number of carbonyl (C=O) groups excluding carboxylic acids is 1. The Balaban J connectivity index is 1.64. The molecule has 2 bridgehead atoms. The summed E-state index contributed by atoms with van der Waals surface area (Å²) in [6, 6.07) is 4.93. The minimum Gasteiger partial charge on any atom is -0.390 e. The van der Waals surface area contributed by atoms with Crippen molar-refractivity contribution in [2.75, 3.05) is 5.32 Å². The van der Waals surface area contributed by atoms with Crippen molar-refractivity contribution < 1.29 is 31.5 Å². The van der Waals surface area contributed by atoms with Gasteiger partial charge in [-0.25, -0.2) is 21.6 Å². The monoisotopic (exact) mass is 487 g/mol. The maximum Gasteiger partial charge on any atom is 0.255 e. The molecule has 0 aliphatic heterocycles. The number of halogens is 4. The molecule has 2 atom stereocenters. The molecule has 2 N–H and O–H groups in total. The van der Waals surface area contributed by atoms with E-state index in [0.717, 1.165) is 6.07 Å². The Labute approximate surface area is 188 Å². The average Bonchev–Trinajstić information content (AvgIpc) is 2.99. The van der Waals surface area contributed by atoms with E-state index in [2.05, 4.69) is 5.32 Å². The third kappa shape index (κ3) is 4.13. The van der Waals surface area contributed by atoms with Gasteiger partial charge in [-0.05, 0) is 62.6 Å². The van der Waals surface area contributed by atoms with Crippen LogP contribution in [0, 0.1) is 29.3 Å². The molecule has 0 radical (unpaired) electrons. The molecule has 2 aliphatic carbocycles. The lowest BCUT2D eigenvalue weighted by molar-refractivity contribution is -0.00176. The lowest BCUT2D eigenvalue weighted by Gasteiger charge is -2.38. The van der Waals surface area contributed by atoms with Crippen LogP contribution >= 0.6 is 11.6 Å². The first-order valence-electron chi connectivity index (χ1n) is 10.1. The van der Waals surface area contributed by atoms with E-state index >= 15 is 0 Å². The predicted octanol–water partition coefficient (Wildman–Crippen LogP) is 4.72. The summed E-state index contributed by atoms with van der Waals surface area (Å²) in [6.07, 6.45) is 2.11. The molecule has 1 amide bonds. The van der Waals surface area contributed by atoms with Crippen molar-refractivity contribution in [3.63, 3.8) is 0 Å². The number of amides is 1. The Hall–Kier alpha value is -2.10. The van der Waals surface area contributed by atoms with E-state index in [4.69, 9.17) is 11.6 Å². The van der Waals surface area contributed by atoms with Crippen LogP contribution in [0.25, 0.3) is 0 Å². The van der Waals surface area contributed by atoms with Gasteiger partial charge in [0.2, 0.25) is 0 Å². The van der Waals surface area contributed by atoms with Gasteiger partial charge in [0.1, 0.15) is 0 Å². The second kappa shape index (κ2) is 8.04. The van der Waals surface area contributed by atoms with Crippen molar-refractivity contribution in [2.24, 2.45) is 11.8 Å². The number of anilines is 1. The minimum atomic E-state index is -3.92. The number of fused-ring (bicyclic) bond motifs is 2. The quantitative estimate of drug-likeness (QED) is 0.611. The number of carbonyl (C=O) groups is 1. The van der Waals surface area contributed by atoms with E-state index in [1.54, 1.807) is 6.92 Å². The largest absolute Gasteiger partial charge is 0.390 e. The van der Waals surface area contributed by atoms with Gasteiger partial charge in [-0.15, -0.1) is 0 Å². The number of sulfone groups is 1. The minimum absolute atomic E-state index is 0.0443. The van der Waals surface area contributed by atoms with Crippen LogP contribution in [0.1, 0.15) is 43.0 Å². The molecule has 10 heteroatoms. The zero-order valence-electron chi connectivity index (χ0n) is 17.0. The van der Waals surface area contributed by atoms with Gasteiger partial charge in [0.15, 0.2) is 27.3 Å². The summed E-state index contributed by atoms with van der Waals surface area (Å²) < 4.78 is 67.0. The SMILES string of the molecule is CC1(O)CC2CCC(C1)C2S(=O)(=O)c1cc(C(=O)Nc2cc(F)c(F)c(F)c2)ccc1Cl. The van der Waals surface area contributed by atoms with E-state index in [0.29, 0.717) is 37.8 Å². The van der Waals surface area contributed by atoms with E-state index in [1.807, 2.05) is 0 Å². The lowest BCUT2D eigenvalue weighted by Crippen LogP contribution is -2.44. The second-order valence-electron chi connectivity index (χ2n) is 8.87. The number of nitrogens with one attached hydrogen (secondary N) is 1. The van der Waals surface area contributed by atoms with Gasteiger partial charge in [0, 0.05) is 23.4 Å². The van der Waals surface area contributed by atoms with E-state index in [-0.39, 0.29) is 33.0 Å². The van der Waals surface area contributed by atoms with E-state index < -0.39 is 44.0 Å². The third-order valence-corrected chi connectivity index (χ3v) is 9.22. The first kappa shape index (κ1) is 23.1. The molecule has 2 aromatic carbocycles. The van der Waals surface area contributed by atoms with Gasteiger partial charge < -0.3 is 10.4 Å². The summed E-state index contributed by atoms with van der Waals surface area (Å²) >= 11 is 6.19. The molecule has 32 heavy (non-hydrogen) atoms. The maximum atomic E-state index is 13.5. The Morgan fingerprint density at radius 3 is 2.22 bits per heavy atom. The Morgan fingerprint density at radius 2 is 1.66 bits per heavy atom. The van der Waals surface area contributed by atoms with Crippen molar-refractivity contribution >= 4 is 33.0 Å². The van der Waals surface area contributed by atoms with Crippen LogP contribution in [0.5, 0.6) is 0 Å². The highest BCUT2D eigenvalue weighted by molar-refractivity contribution is 7.92. The molecule has 4 rings (SSSR count). The molecule has 172 valence electrons.